The van der Waals surface area contributed by atoms with E-state index in [9.17, 15) is 8.42 Å². The van der Waals surface area contributed by atoms with Crippen LogP contribution in [0.1, 0.15) is 0 Å². The number of benzene rings is 3. The number of hydrogen-bond acceptors (Lipinski definition) is 2. The molecule has 0 unspecified atom stereocenters. The summed E-state index contributed by atoms with van der Waals surface area (Å²) in [6.07, 6.45) is 0. The Labute approximate surface area is 124 Å². The summed E-state index contributed by atoms with van der Waals surface area (Å²) in [6, 6.07) is 25.2. The SMILES string of the molecule is O=S(=O)(c1ccccc1)c1ccccc1-c1ccccc1. The molecule has 104 valence electrons. The highest BCUT2D eigenvalue weighted by molar-refractivity contribution is 7.91. The monoisotopic (exact) mass is 294 g/mol. The molecule has 3 aromatic rings. The summed E-state index contributed by atoms with van der Waals surface area (Å²) in [6.45, 7) is 0. The van der Waals surface area contributed by atoms with Crippen LogP contribution >= 0.6 is 0 Å². The highest BCUT2D eigenvalue weighted by Gasteiger charge is 2.21. The van der Waals surface area contributed by atoms with Crippen LogP contribution in [0.4, 0.5) is 0 Å². The number of rotatable bonds is 3. The van der Waals surface area contributed by atoms with E-state index >= 15 is 0 Å². The minimum absolute atomic E-state index is 0.313. The van der Waals surface area contributed by atoms with Gasteiger partial charge in [-0.1, -0.05) is 66.7 Å². The summed E-state index contributed by atoms with van der Waals surface area (Å²) >= 11 is 0. The van der Waals surface area contributed by atoms with Gasteiger partial charge in [0.2, 0.25) is 9.84 Å². The van der Waals surface area contributed by atoms with Crippen molar-refractivity contribution < 1.29 is 8.42 Å². The van der Waals surface area contributed by atoms with Crippen LogP contribution in [0, 0.1) is 0 Å². The van der Waals surface area contributed by atoms with Gasteiger partial charge in [-0.2, -0.15) is 0 Å². The van der Waals surface area contributed by atoms with E-state index in [2.05, 4.69) is 0 Å². The third-order valence-corrected chi connectivity index (χ3v) is 5.14. The Hall–Kier alpha value is -2.39. The Morgan fingerprint density at radius 1 is 0.571 bits per heavy atom. The zero-order chi connectivity index (χ0) is 14.7. The standard InChI is InChI=1S/C18H14O2S/c19-21(20,16-11-5-2-6-12-16)18-14-8-7-13-17(18)15-9-3-1-4-10-15/h1-14H. The van der Waals surface area contributed by atoms with E-state index in [1.165, 1.54) is 0 Å². The van der Waals surface area contributed by atoms with Crippen molar-refractivity contribution in [1.82, 2.24) is 0 Å². The predicted octanol–water partition coefficient (Wildman–Crippen LogP) is 4.19. The van der Waals surface area contributed by atoms with E-state index in [1.807, 2.05) is 48.5 Å². The molecule has 3 heteroatoms. The Morgan fingerprint density at radius 2 is 1.10 bits per heavy atom. The molecular formula is C18H14O2S. The normalized spacial score (nSPS) is 11.2. The fourth-order valence-corrected chi connectivity index (χ4v) is 3.79. The van der Waals surface area contributed by atoms with E-state index in [0.29, 0.717) is 9.79 Å². The maximum absolute atomic E-state index is 12.8. The Kier molecular flexibility index (Phi) is 3.59. The van der Waals surface area contributed by atoms with E-state index in [-0.39, 0.29) is 0 Å². The summed E-state index contributed by atoms with van der Waals surface area (Å²) in [4.78, 5) is 0.649. The number of sulfone groups is 1. The lowest BCUT2D eigenvalue weighted by Crippen LogP contribution is -2.03. The lowest BCUT2D eigenvalue weighted by atomic mass is 10.1. The highest BCUT2D eigenvalue weighted by Crippen LogP contribution is 2.30. The van der Waals surface area contributed by atoms with Crippen LogP contribution in [0.15, 0.2) is 94.7 Å². The summed E-state index contributed by atoms with van der Waals surface area (Å²) < 4.78 is 25.7. The fraction of sp³-hybridized carbons (Fsp3) is 0. The minimum atomic E-state index is -3.52. The van der Waals surface area contributed by atoms with E-state index in [0.717, 1.165) is 11.1 Å². The summed E-state index contributed by atoms with van der Waals surface area (Å²) in [7, 11) is -3.52. The topological polar surface area (TPSA) is 34.1 Å². The van der Waals surface area contributed by atoms with Crippen molar-refractivity contribution >= 4 is 9.84 Å². The quantitative estimate of drug-likeness (QED) is 0.726. The van der Waals surface area contributed by atoms with Crippen LogP contribution in [-0.2, 0) is 9.84 Å². The maximum atomic E-state index is 12.8. The molecule has 0 fully saturated rings. The minimum Gasteiger partial charge on any atom is -0.218 e. The van der Waals surface area contributed by atoms with Crippen molar-refractivity contribution in [2.45, 2.75) is 9.79 Å². The Balaban J connectivity index is 2.21. The maximum Gasteiger partial charge on any atom is 0.207 e. The zero-order valence-corrected chi connectivity index (χ0v) is 12.1. The van der Waals surface area contributed by atoms with Gasteiger partial charge in [0.15, 0.2) is 0 Å². The van der Waals surface area contributed by atoms with Gasteiger partial charge in [-0.15, -0.1) is 0 Å². The van der Waals surface area contributed by atoms with Crippen molar-refractivity contribution in [1.29, 1.82) is 0 Å². The first-order chi connectivity index (χ1) is 10.2. The molecular weight excluding hydrogens is 280 g/mol. The molecule has 0 heterocycles. The van der Waals surface area contributed by atoms with Gasteiger partial charge in [0.25, 0.3) is 0 Å². The smallest absolute Gasteiger partial charge is 0.207 e. The summed E-state index contributed by atoms with van der Waals surface area (Å²) in [5.74, 6) is 0. The first-order valence-electron chi connectivity index (χ1n) is 6.64. The Bertz CT molecular complexity index is 839. The van der Waals surface area contributed by atoms with Crippen LogP contribution in [0.3, 0.4) is 0 Å². The predicted molar refractivity (Wildman–Crippen MR) is 83.8 cm³/mol. The molecule has 3 aromatic carbocycles. The third kappa shape index (κ3) is 2.60. The molecule has 0 bridgehead atoms. The van der Waals surface area contributed by atoms with E-state index < -0.39 is 9.84 Å². The molecule has 21 heavy (non-hydrogen) atoms. The van der Waals surface area contributed by atoms with E-state index in [4.69, 9.17) is 0 Å². The highest BCUT2D eigenvalue weighted by atomic mass is 32.2. The van der Waals surface area contributed by atoms with Crippen molar-refractivity contribution in [2.75, 3.05) is 0 Å². The van der Waals surface area contributed by atoms with Crippen molar-refractivity contribution in [3.8, 4) is 11.1 Å². The van der Waals surface area contributed by atoms with Crippen LogP contribution in [0.5, 0.6) is 0 Å². The second-order valence-electron chi connectivity index (χ2n) is 4.68. The fourth-order valence-electron chi connectivity index (χ4n) is 2.28. The van der Waals surface area contributed by atoms with E-state index in [1.54, 1.807) is 36.4 Å². The molecule has 2 nitrogen and oxygen atoms in total. The average Bonchev–Trinajstić information content (AvgIpc) is 2.56. The first kappa shape index (κ1) is 13.6. The largest absolute Gasteiger partial charge is 0.218 e. The van der Waals surface area contributed by atoms with Crippen LogP contribution in [0.2, 0.25) is 0 Å². The van der Waals surface area contributed by atoms with Crippen LogP contribution in [0.25, 0.3) is 11.1 Å². The molecule has 0 aliphatic heterocycles. The number of hydrogen-bond donors (Lipinski definition) is 0. The summed E-state index contributed by atoms with van der Waals surface area (Å²) in [5.41, 5.74) is 1.62. The van der Waals surface area contributed by atoms with Gasteiger partial charge < -0.3 is 0 Å². The molecule has 0 aromatic heterocycles. The van der Waals surface area contributed by atoms with Crippen molar-refractivity contribution in [3.05, 3.63) is 84.9 Å². The van der Waals surface area contributed by atoms with Gasteiger partial charge in [0.1, 0.15) is 0 Å². The second-order valence-corrected chi connectivity index (χ2v) is 6.60. The van der Waals surface area contributed by atoms with Crippen molar-refractivity contribution in [3.63, 3.8) is 0 Å². The third-order valence-electron chi connectivity index (χ3n) is 3.31. The lowest BCUT2D eigenvalue weighted by Gasteiger charge is -2.10. The lowest BCUT2D eigenvalue weighted by molar-refractivity contribution is 0.596. The molecule has 0 atom stereocenters. The van der Waals surface area contributed by atoms with Gasteiger partial charge >= 0.3 is 0 Å². The zero-order valence-electron chi connectivity index (χ0n) is 11.3. The molecule has 3 rings (SSSR count). The summed E-state index contributed by atoms with van der Waals surface area (Å²) in [5, 5.41) is 0. The molecule has 0 amide bonds. The van der Waals surface area contributed by atoms with Crippen LogP contribution in [-0.4, -0.2) is 8.42 Å². The Morgan fingerprint density at radius 3 is 1.76 bits per heavy atom. The average molecular weight is 294 g/mol. The molecule has 0 aliphatic rings. The van der Waals surface area contributed by atoms with Gasteiger partial charge in [0.05, 0.1) is 9.79 Å². The molecule has 0 N–H and O–H groups in total. The molecule has 0 spiro atoms. The van der Waals surface area contributed by atoms with Gasteiger partial charge in [-0.25, -0.2) is 8.42 Å². The molecule has 0 aliphatic carbocycles. The van der Waals surface area contributed by atoms with Gasteiger partial charge in [0, 0.05) is 5.56 Å². The molecule has 0 radical (unpaired) electrons. The van der Waals surface area contributed by atoms with Gasteiger partial charge in [-0.3, -0.25) is 0 Å². The van der Waals surface area contributed by atoms with Gasteiger partial charge in [-0.05, 0) is 23.8 Å². The molecule has 0 saturated heterocycles. The van der Waals surface area contributed by atoms with Crippen molar-refractivity contribution in [2.24, 2.45) is 0 Å². The molecule has 0 saturated carbocycles. The first-order valence-corrected chi connectivity index (χ1v) is 8.12. The second kappa shape index (κ2) is 5.54. The van der Waals surface area contributed by atoms with Crippen LogP contribution < -0.4 is 0 Å².